The van der Waals surface area contributed by atoms with E-state index in [9.17, 15) is 14.4 Å². The van der Waals surface area contributed by atoms with Crippen LogP contribution in [0.25, 0.3) is 0 Å². The summed E-state index contributed by atoms with van der Waals surface area (Å²) in [7, 11) is 1.65. The van der Waals surface area contributed by atoms with Gasteiger partial charge in [-0.1, -0.05) is 6.42 Å². The molecular weight excluding hydrogens is 306 g/mol. The molecule has 3 rings (SSSR count). The Bertz CT molecular complexity index is 670. The predicted molar refractivity (Wildman–Crippen MR) is 90.7 cm³/mol. The third-order valence-corrected chi connectivity index (χ3v) is 5.30. The highest BCUT2D eigenvalue weighted by Crippen LogP contribution is 2.26. The highest BCUT2D eigenvalue weighted by Gasteiger charge is 2.28. The van der Waals surface area contributed by atoms with Crippen molar-refractivity contribution in [2.24, 2.45) is 18.9 Å². The first-order valence-electron chi connectivity index (χ1n) is 8.79. The first kappa shape index (κ1) is 16.7. The lowest BCUT2D eigenvalue weighted by molar-refractivity contribution is -0.127. The van der Waals surface area contributed by atoms with Crippen molar-refractivity contribution in [3.8, 4) is 0 Å². The van der Waals surface area contributed by atoms with Gasteiger partial charge in [-0.25, -0.2) is 0 Å². The number of rotatable bonds is 4. The number of hydrogen-bond donors (Lipinski definition) is 1. The van der Waals surface area contributed by atoms with Crippen molar-refractivity contribution in [1.82, 2.24) is 14.8 Å². The molecule has 2 amide bonds. The maximum absolute atomic E-state index is 12.5. The Labute approximate surface area is 141 Å². The van der Waals surface area contributed by atoms with Gasteiger partial charge in [0.25, 0.3) is 11.5 Å². The summed E-state index contributed by atoms with van der Waals surface area (Å²) < 4.78 is 1.43. The maximum atomic E-state index is 12.5. The standard InChI is InChI=1S/C18H25N3O3/c1-20-9-3-6-15(17(20)23)18(24)21-10-7-13(8-11-21)12-19-16(22)14-4-2-5-14/h3,6,9,13-14H,2,4-5,7-8,10-12H2,1H3,(H,19,22). The summed E-state index contributed by atoms with van der Waals surface area (Å²) in [5.74, 6) is 0.637. The summed E-state index contributed by atoms with van der Waals surface area (Å²) >= 11 is 0. The molecule has 0 spiro atoms. The van der Waals surface area contributed by atoms with Crippen LogP contribution >= 0.6 is 0 Å². The van der Waals surface area contributed by atoms with Gasteiger partial charge in [-0.05, 0) is 43.7 Å². The predicted octanol–water partition coefficient (Wildman–Crippen LogP) is 1.15. The number of likely N-dealkylation sites (tertiary alicyclic amines) is 1. The Morgan fingerprint density at radius 3 is 2.54 bits per heavy atom. The molecule has 1 saturated carbocycles. The molecule has 130 valence electrons. The smallest absolute Gasteiger partial charge is 0.263 e. The number of carbonyl (C=O) groups is 2. The summed E-state index contributed by atoms with van der Waals surface area (Å²) in [4.78, 5) is 38.2. The average molecular weight is 331 g/mol. The molecule has 6 nitrogen and oxygen atoms in total. The van der Waals surface area contributed by atoms with E-state index in [-0.39, 0.29) is 28.9 Å². The average Bonchev–Trinajstić information content (AvgIpc) is 2.54. The molecule has 6 heteroatoms. The minimum absolute atomic E-state index is 0.187. The van der Waals surface area contributed by atoms with E-state index in [0.29, 0.717) is 25.6 Å². The molecule has 1 aliphatic heterocycles. The number of nitrogens with one attached hydrogen (secondary N) is 1. The van der Waals surface area contributed by atoms with Crippen LogP contribution in [0.3, 0.4) is 0 Å². The van der Waals surface area contributed by atoms with Crippen molar-refractivity contribution in [3.05, 3.63) is 34.2 Å². The summed E-state index contributed by atoms with van der Waals surface area (Å²) in [6.07, 6.45) is 6.58. The molecular formula is C18H25N3O3. The number of hydrogen-bond acceptors (Lipinski definition) is 3. The lowest BCUT2D eigenvalue weighted by atomic mass is 9.84. The monoisotopic (exact) mass is 331 g/mol. The van der Waals surface area contributed by atoms with E-state index in [2.05, 4.69) is 5.32 Å². The van der Waals surface area contributed by atoms with Gasteiger partial charge in [0.1, 0.15) is 5.56 Å². The number of aromatic nitrogens is 1. The van der Waals surface area contributed by atoms with Crippen LogP contribution in [0.5, 0.6) is 0 Å². The minimum atomic E-state index is -0.252. The van der Waals surface area contributed by atoms with Crippen molar-refractivity contribution in [3.63, 3.8) is 0 Å². The van der Waals surface area contributed by atoms with Crippen molar-refractivity contribution in [2.45, 2.75) is 32.1 Å². The minimum Gasteiger partial charge on any atom is -0.356 e. The number of pyridine rings is 1. The van der Waals surface area contributed by atoms with Gasteiger partial charge in [0.2, 0.25) is 5.91 Å². The molecule has 1 saturated heterocycles. The molecule has 2 fully saturated rings. The molecule has 0 aromatic carbocycles. The van der Waals surface area contributed by atoms with Gasteiger partial charge < -0.3 is 14.8 Å². The fourth-order valence-corrected chi connectivity index (χ4v) is 3.33. The molecule has 0 bridgehead atoms. The van der Waals surface area contributed by atoms with Crippen molar-refractivity contribution in [1.29, 1.82) is 0 Å². The number of amides is 2. The lowest BCUT2D eigenvalue weighted by Crippen LogP contribution is -2.44. The van der Waals surface area contributed by atoms with Crippen molar-refractivity contribution < 1.29 is 9.59 Å². The highest BCUT2D eigenvalue weighted by molar-refractivity contribution is 5.93. The van der Waals surface area contributed by atoms with Crippen molar-refractivity contribution >= 4 is 11.8 Å². The van der Waals surface area contributed by atoms with Crippen LogP contribution < -0.4 is 10.9 Å². The van der Waals surface area contributed by atoms with Crippen LogP contribution in [-0.4, -0.2) is 40.9 Å². The zero-order valence-corrected chi connectivity index (χ0v) is 14.2. The number of piperidine rings is 1. The maximum Gasteiger partial charge on any atom is 0.263 e. The Morgan fingerprint density at radius 2 is 1.92 bits per heavy atom. The van der Waals surface area contributed by atoms with Crippen LogP contribution in [0.4, 0.5) is 0 Å². The zero-order chi connectivity index (χ0) is 17.1. The summed E-state index contributed by atoms with van der Waals surface area (Å²) in [6, 6.07) is 3.31. The van der Waals surface area contributed by atoms with Crippen LogP contribution in [0.15, 0.2) is 23.1 Å². The fraction of sp³-hybridized carbons (Fsp3) is 0.611. The number of nitrogens with zero attached hydrogens (tertiary/aromatic N) is 2. The van der Waals surface area contributed by atoms with Crippen LogP contribution in [0.2, 0.25) is 0 Å². The second-order valence-corrected chi connectivity index (χ2v) is 6.95. The second-order valence-electron chi connectivity index (χ2n) is 6.95. The fourth-order valence-electron chi connectivity index (χ4n) is 3.33. The van der Waals surface area contributed by atoms with E-state index < -0.39 is 0 Å². The molecule has 1 aromatic heterocycles. The highest BCUT2D eigenvalue weighted by atomic mass is 16.2. The molecule has 24 heavy (non-hydrogen) atoms. The lowest BCUT2D eigenvalue weighted by Gasteiger charge is -2.32. The summed E-state index contributed by atoms with van der Waals surface area (Å²) in [5.41, 5.74) is -0.0193. The van der Waals surface area contributed by atoms with E-state index in [4.69, 9.17) is 0 Å². The number of carbonyl (C=O) groups excluding carboxylic acids is 2. The quantitative estimate of drug-likeness (QED) is 0.900. The van der Waals surface area contributed by atoms with Gasteiger partial charge in [-0.15, -0.1) is 0 Å². The molecule has 0 unspecified atom stereocenters. The molecule has 1 aromatic rings. The molecule has 1 N–H and O–H groups in total. The van der Waals surface area contributed by atoms with Crippen LogP contribution in [0.1, 0.15) is 42.5 Å². The summed E-state index contributed by atoms with van der Waals surface area (Å²) in [5, 5.41) is 3.05. The van der Waals surface area contributed by atoms with Gasteiger partial charge in [-0.3, -0.25) is 14.4 Å². The summed E-state index contributed by atoms with van der Waals surface area (Å²) in [6.45, 7) is 1.98. The Balaban J connectivity index is 1.49. The normalized spacial score (nSPS) is 19.0. The van der Waals surface area contributed by atoms with E-state index >= 15 is 0 Å². The SMILES string of the molecule is Cn1cccc(C(=O)N2CCC(CNC(=O)C3CCC3)CC2)c1=O. The Hall–Kier alpha value is -2.11. The molecule has 0 radical (unpaired) electrons. The molecule has 2 heterocycles. The van der Waals surface area contributed by atoms with Gasteiger partial charge >= 0.3 is 0 Å². The van der Waals surface area contributed by atoms with E-state index in [0.717, 1.165) is 32.1 Å². The largest absolute Gasteiger partial charge is 0.356 e. The third-order valence-electron chi connectivity index (χ3n) is 5.30. The number of aryl methyl sites for hydroxylation is 1. The Morgan fingerprint density at radius 1 is 1.21 bits per heavy atom. The molecule has 1 aliphatic carbocycles. The van der Waals surface area contributed by atoms with Gasteiger partial charge in [0, 0.05) is 38.8 Å². The first-order valence-corrected chi connectivity index (χ1v) is 8.79. The van der Waals surface area contributed by atoms with Crippen molar-refractivity contribution in [2.75, 3.05) is 19.6 Å². The van der Waals surface area contributed by atoms with E-state index in [1.165, 1.54) is 4.57 Å². The first-order chi connectivity index (χ1) is 11.6. The topological polar surface area (TPSA) is 71.4 Å². The Kier molecular flexibility index (Phi) is 5.02. The van der Waals surface area contributed by atoms with Crippen LogP contribution in [0, 0.1) is 11.8 Å². The third kappa shape index (κ3) is 3.52. The van der Waals surface area contributed by atoms with E-state index in [1.807, 2.05) is 0 Å². The van der Waals surface area contributed by atoms with Gasteiger partial charge in [0.15, 0.2) is 0 Å². The molecule has 2 aliphatic rings. The van der Waals surface area contributed by atoms with Gasteiger partial charge in [0.05, 0.1) is 0 Å². The molecule has 0 atom stereocenters. The van der Waals surface area contributed by atoms with E-state index in [1.54, 1.807) is 30.3 Å². The van der Waals surface area contributed by atoms with Crippen LogP contribution in [-0.2, 0) is 11.8 Å². The zero-order valence-electron chi connectivity index (χ0n) is 14.2. The second kappa shape index (κ2) is 7.20. The van der Waals surface area contributed by atoms with Gasteiger partial charge in [-0.2, -0.15) is 0 Å².